The summed E-state index contributed by atoms with van der Waals surface area (Å²) < 4.78 is 16.4. The van der Waals surface area contributed by atoms with Gasteiger partial charge >= 0.3 is 8.80 Å². The summed E-state index contributed by atoms with van der Waals surface area (Å²) in [5, 5.41) is 0. The highest BCUT2D eigenvalue weighted by atomic mass is 28.4. The van der Waals surface area contributed by atoms with Crippen LogP contribution in [0, 0.1) is 0 Å². The minimum absolute atomic E-state index is 0.393. The molecule has 6 nitrogen and oxygen atoms in total. The van der Waals surface area contributed by atoms with E-state index in [-0.39, 0.29) is 0 Å². The van der Waals surface area contributed by atoms with Crippen molar-refractivity contribution in [3.05, 3.63) is 25.3 Å². The lowest BCUT2D eigenvalue weighted by atomic mass is 10.4. The van der Waals surface area contributed by atoms with Crippen molar-refractivity contribution in [2.24, 2.45) is 17.2 Å². The molecule has 0 radical (unpaired) electrons. The second-order valence-corrected chi connectivity index (χ2v) is 6.36. The lowest BCUT2D eigenvalue weighted by Crippen LogP contribution is -2.67. The third kappa shape index (κ3) is 6.08. The molecule has 0 saturated carbocycles. The second kappa shape index (κ2) is 7.02. The van der Waals surface area contributed by atoms with Gasteiger partial charge in [-0.1, -0.05) is 25.5 Å². The van der Waals surface area contributed by atoms with Crippen LogP contribution in [-0.2, 0) is 13.3 Å². The lowest BCUT2D eigenvalue weighted by Gasteiger charge is -2.35. The first-order valence-corrected chi connectivity index (χ1v) is 7.30. The van der Waals surface area contributed by atoms with E-state index in [1.54, 1.807) is 12.2 Å². The first-order chi connectivity index (χ1) is 7.82. The summed E-state index contributed by atoms with van der Waals surface area (Å²) in [6.07, 6.45) is 3.56. The smallest absolute Gasteiger partial charge is 0.377 e. The van der Waals surface area contributed by atoms with Crippen LogP contribution in [0.25, 0.3) is 0 Å². The van der Waals surface area contributed by atoms with E-state index in [0.29, 0.717) is 6.04 Å². The monoisotopic (exact) mass is 261 g/mol. The Morgan fingerprint density at radius 3 is 2.12 bits per heavy atom. The van der Waals surface area contributed by atoms with E-state index < -0.39 is 20.9 Å². The van der Waals surface area contributed by atoms with Crippen molar-refractivity contribution in [1.82, 2.24) is 0 Å². The van der Waals surface area contributed by atoms with Gasteiger partial charge in [0.1, 0.15) is 0 Å². The van der Waals surface area contributed by atoms with Gasteiger partial charge in [0.15, 0.2) is 0 Å². The molecular formula is C10H23N3O3Si. The molecule has 1 unspecified atom stereocenters. The number of hydrogen-bond donors (Lipinski definition) is 3. The van der Waals surface area contributed by atoms with Gasteiger partial charge in [-0.05, 0) is 0 Å². The fourth-order valence-corrected chi connectivity index (χ4v) is 3.71. The molecule has 0 rings (SSSR count). The summed E-state index contributed by atoms with van der Waals surface area (Å²) >= 11 is 0. The Balaban J connectivity index is 4.92. The molecular weight excluding hydrogens is 238 g/mol. The molecule has 0 aromatic carbocycles. The van der Waals surface area contributed by atoms with Gasteiger partial charge in [-0.15, -0.1) is 13.2 Å². The van der Waals surface area contributed by atoms with Gasteiger partial charge in [0, 0.05) is 13.2 Å². The molecule has 7 heteroatoms. The van der Waals surface area contributed by atoms with E-state index in [1.807, 2.05) is 6.92 Å². The van der Waals surface area contributed by atoms with Crippen LogP contribution in [0.4, 0.5) is 0 Å². The number of rotatable bonds is 9. The van der Waals surface area contributed by atoms with Crippen molar-refractivity contribution in [3.63, 3.8) is 0 Å². The molecule has 100 valence electrons. The second-order valence-electron chi connectivity index (χ2n) is 3.65. The van der Waals surface area contributed by atoms with Crippen molar-refractivity contribution in [2.45, 2.75) is 31.5 Å². The third-order valence-corrected chi connectivity index (χ3v) is 5.01. The van der Waals surface area contributed by atoms with Gasteiger partial charge in [-0.25, -0.2) is 0 Å². The zero-order valence-electron chi connectivity index (χ0n) is 10.5. The average molecular weight is 261 g/mol. The highest BCUT2D eigenvalue weighted by Gasteiger charge is 2.45. The Bertz CT molecular complexity index is 250. The van der Waals surface area contributed by atoms with Crippen LogP contribution >= 0.6 is 0 Å². The number of nitrogens with two attached hydrogens (primary N) is 3. The molecule has 0 aromatic rings. The highest BCUT2D eigenvalue weighted by Crippen LogP contribution is 2.21. The van der Waals surface area contributed by atoms with Gasteiger partial charge in [0.25, 0.3) is 0 Å². The Morgan fingerprint density at radius 2 is 1.82 bits per heavy atom. The van der Waals surface area contributed by atoms with Gasteiger partial charge in [0.2, 0.25) is 5.97 Å². The van der Waals surface area contributed by atoms with Gasteiger partial charge in [-0.2, -0.15) is 0 Å². The predicted molar refractivity (Wildman–Crippen MR) is 69.5 cm³/mol. The normalized spacial score (nSPS) is 15.6. The third-order valence-electron chi connectivity index (χ3n) is 1.98. The van der Waals surface area contributed by atoms with E-state index in [2.05, 4.69) is 13.2 Å². The fraction of sp³-hybridized carbons (Fsp3) is 0.600. The summed E-state index contributed by atoms with van der Waals surface area (Å²) in [5.74, 6) is -1.79. The van der Waals surface area contributed by atoms with Crippen molar-refractivity contribution >= 4 is 8.80 Å². The fourth-order valence-electron chi connectivity index (χ4n) is 1.30. The van der Waals surface area contributed by atoms with E-state index >= 15 is 0 Å². The molecule has 0 bridgehead atoms. The van der Waals surface area contributed by atoms with Crippen LogP contribution in [0.2, 0.25) is 6.04 Å². The molecule has 0 aliphatic carbocycles. The van der Waals surface area contributed by atoms with E-state index in [9.17, 15) is 0 Å². The molecule has 0 aromatic heterocycles. The van der Waals surface area contributed by atoms with E-state index in [4.69, 9.17) is 30.5 Å². The standard InChI is InChI=1S/C10H23N3O3Si/c1-5-8-17(14-4,16-10(11,12)13)15-9(6-2)7-3/h6-7,9H,2-3,5,8,11-13H2,1,4H3. The molecule has 0 aliphatic rings. The number of hydrogen-bond acceptors (Lipinski definition) is 6. The summed E-state index contributed by atoms with van der Waals surface area (Å²) in [6, 6.07) is 0.551. The van der Waals surface area contributed by atoms with Crippen molar-refractivity contribution < 1.29 is 13.3 Å². The maximum atomic E-state index is 5.72. The van der Waals surface area contributed by atoms with Crippen molar-refractivity contribution in [2.75, 3.05) is 7.11 Å². The van der Waals surface area contributed by atoms with Crippen LogP contribution in [0.3, 0.4) is 0 Å². The zero-order valence-corrected chi connectivity index (χ0v) is 11.5. The highest BCUT2D eigenvalue weighted by molar-refractivity contribution is 6.60. The molecule has 0 heterocycles. The van der Waals surface area contributed by atoms with Gasteiger partial charge < -0.3 is 13.3 Å². The van der Waals surface area contributed by atoms with Crippen LogP contribution in [0.1, 0.15) is 13.3 Å². The van der Waals surface area contributed by atoms with Gasteiger partial charge in [0.05, 0.1) is 6.10 Å². The SMILES string of the molecule is C=CC(C=C)O[Si](CCC)(OC)OC(N)(N)N. The maximum absolute atomic E-state index is 5.72. The van der Waals surface area contributed by atoms with Gasteiger partial charge in [-0.3, -0.25) is 17.2 Å². The minimum atomic E-state index is -3.03. The Kier molecular flexibility index (Phi) is 6.79. The van der Waals surface area contributed by atoms with Crippen LogP contribution in [-0.4, -0.2) is 28.0 Å². The van der Waals surface area contributed by atoms with Crippen LogP contribution < -0.4 is 17.2 Å². The topological polar surface area (TPSA) is 106 Å². The molecule has 17 heavy (non-hydrogen) atoms. The summed E-state index contributed by atoms with van der Waals surface area (Å²) in [4.78, 5) is 0. The Hall–Kier alpha value is -0.543. The van der Waals surface area contributed by atoms with Crippen LogP contribution in [0.15, 0.2) is 25.3 Å². The minimum Gasteiger partial charge on any atom is -0.377 e. The molecule has 0 saturated heterocycles. The first-order valence-electron chi connectivity index (χ1n) is 5.37. The average Bonchev–Trinajstić information content (AvgIpc) is 2.24. The van der Waals surface area contributed by atoms with E-state index in [1.165, 1.54) is 7.11 Å². The lowest BCUT2D eigenvalue weighted by molar-refractivity contribution is -0.0191. The Labute approximate surface area is 104 Å². The Morgan fingerprint density at radius 1 is 1.29 bits per heavy atom. The quantitative estimate of drug-likeness (QED) is 0.312. The predicted octanol–water partition coefficient (Wildman–Crippen LogP) is 0.243. The molecule has 1 atom stereocenters. The molecule has 0 fully saturated rings. The summed E-state index contributed by atoms with van der Waals surface area (Å²) in [5.41, 5.74) is 16.3. The van der Waals surface area contributed by atoms with E-state index in [0.717, 1.165) is 6.42 Å². The largest absolute Gasteiger partial charge is 0.504 e. The molecule has 0 spiro atoms. The maximum Gasteiger partial charge on any atom is 0.504 e. The first kappa shape index (κ1) is 16.5. The molecule has 0 amide bonds. The summed E-state index contributed by atoms with van der Waals surface area (Å²) in [6.45, 7) is 9.22. The zero-order chi connectivity index (χ0) is 13.5. The molecule has 0 aliphatic heterocycles. The van der Waals surface area contributed by atoms with Crippen LogP contribution in [0.5, 0.6) is 0 Å². The van der Waals surface area contributed by atoms with Crippen molar-refractivity contribution in [1.29, 1.82) is 0 Å². The van der Waals surface area contributed by atoms with Crippen molar-refractivity contribution in [3.8, 4) is 0 Å². The summed E-state index contributed by atoms with van der Waals surface area (Å²) in [7, 11) is -1.54. The molecule has 6 N–H and O–H groups in total.